The summed E-state index contributed by atoms with van der Waals surface area (Å²) < 4.78 is 44.2. The first kappa shape index (κ1) is 41.8. The molecular weight excluding hydrogens is 827 g/mol. The normalized spacial score (nSPS) is 24.9. The third-order valence-corrected chi connectivity index (χ3v) is 13.6. The molecular formula is C44H47ClF3N9O5. The van der Waals surface area contributed by atoms with E-state index in [1.54, 1.807) is 24.3 Å². The van der Waals surface area contributed by atoms with E-state index in [2.05, 4.69) is 46.5 Å². The number of nitrogens with zero attached hydrogens (tertiary/aromatic N) is 4. The largest absolute Gasteiger partial charge is 0.454 e. The van der Waals surface area contributed by atoms with Gasteiger partial charge in [0.15, 0.2) is 6.61 Å². The molecule has 1 aromatic heterocycles. The highest BCUT2D eigenvalue weighted by atomic mass is 35.5. The van der Waals surface area contributed by atoms with Crippen LogP contribution in [0, 0.1) is 29.6 Å². The lowest BCUT2D eigenvalue weighted by Crippen LogP contribution is -2.51. The molecule has 0 spiro atoms. The molecule has 0 radical (unpaired) electrons. The zero-order valence-corrected chi connectivity index (χ0v) is 34.5. The van der Waals surface area contributed by atoms with Crippen LogP contribution in [0.2, 0.25) is 5.02 Å². The first-order valence-electron chi connectivity index (χ1n) is 21.4. The Labute approximate surface area is 360 Å². The summed E-state index contributed by atoms with van der Waals surface area (Å²) in [6.45, 7) is -1.48. The maximum absolute atomic E-state index is 13.8. The molecule has 9 rings (SSSR count). The van der Waals surface area contributed by atoms with Crippen LogP contribution >= 0.6 is 11.6 Å². The summed E-state index contributed by atoms with van der Waals surface area (Å²) in [7, 11) is 0. The van der Waals surface area contributed by atoms with E-state index in [0.717, 1.165) is 56.9 Å². The van der Waals surface area contributed by atoms with Gasteiger partial charge in [0.05, 0.1) is 5.54 Å². The molecule has 14 nitrogen and oxygen atoms in total. The number of benzene rings is 2. The molecule has 4 bridgehead atoms. The van der Waals surface area contributed by atoms with Crippen molar-refractivity contribution in [2.75, 3.05) is 29.1 Å². The molecule has 7 atom stereocenters. The van der Waals surface area contributed by atoms with Crippen molar-refractivity contribution in [2.24, 2.45) is 34.6 Å². The van der Waals surface area contributed by atoms with Crippen LogP contribution in [0.1, 0.15) is 86.6 Å². The lowest BCUT2D eigenvalue weighted by molar-refractivity contribution is -0.154. The first-order chi connectivity index (χ1) is 29.8. The fourth-order valence-electron chi connectivity index (χ4n) is 9.98. The number of anilines is 4. The van der Waals surface area contributed by atoms with Crippen molar-refractivity contribution >= 4 is 58.6 Å². The number of carbonyl (C=O) groups is 2. The Morgan fingerprint density at radius 1 is 0.887 bits per heavy atom. The van der Waals surface area contributed by atoms with Gasteiger partial charge in [0, 0.05) is 35.1 Å². The summed E-state index contributed by atoms with van der Waals surface area (Å²) in [5.41, 5.74) is -0.0435. The maximum Gasteiger partial charge on any atom is 0.422 e. The Morgan fingerprint density at radius 2 is 1.60 bits per heavy atom. The minimum Gasteiger partial charge on any atom is -0.454 e. The lowest BCUT2D eigenvalue weighted by Gasteiger charge is -2.26. The van der Waals surface area contributed by atoms with Crippen LogP contribution in [0.5, 0.6) is 6.01 Å². The summed E-state index contributed by atoms with van der Waals surface area (Å²) in [5.74, 6) is 1.62. The second kappa shape index (κ2) is 16.9. The molecule has 4 aromatic rings. The zero-order valence-electron chi connectivity index (χ0n) is 33.8. The van der Waals surface area contributed by atoms with E-state index in [4.69, 9.17) is 16.3 Å². The van der Waals surface area contributed by atoms with E-state index in [-0.39, 0.29) is 53.7 Å². The SMILES string of the molecule is O=C(N[C@@H](CCNc1c(N=CC2C[C@H]3CC[C@@H]2C3)c(=O)c1=O)C(=O)N[C@@H]1C[C@H]2CC[C@@H]1C2)c1ccc(Nc2nc(NC3(c4ccc(Cl)cc4)CC3)nc(OCC(F)(F)F)n2)cc1. The van der Waals surface area contributed by atoms with Gasteiger partial charge in [0.25, 0.3) is 16.8 Å². The number of alkyl halides is 3. The van der Waals surface area contributed by atoms with E-state index < -0.39 is 47.1 Å². The van der Waals surface area contributed by atoms with Gasteiger partial charge in [0.1, 0.15) is 17.4 Å². The van der Waals surface area contributed by atoms with Crippen molar-refractivity contribution < 1.29 is 27.5 Å². The van der Waals surface area contributed by atoms with Gasteiger partial charge in [-0.15, -0.1) is 0 Å². The van der Waals surface area contributed by atoms with Crippen molar-refractivity contribution in [1.82, 2.24) is 25.6 Å². The predicted octanol–water partition coefficient (Wildman–Crippen LogP) is 6.95. The number of aliphatic imine (C=N–C) groups is 1. The average molecular weight is 874 g/mol. The number of nitrogens with one attached hydrogen (secondary N) is 5. The number of aromatic nitrogens is 3. The first-order valence-corrected chi connectivity index (χ1v) is 21.7. The molecule has 1 heterocycles. The Balaban J connectivity index is 0.865. The number of carbonyl (C=O) groups excluding carboxylic acids is 2. The highest BCUT2D eigenvalue weighted by Gasteiger charge is 2.45. The minimum absolute atomic E-state index is 0.00316. The van der Waals surface area contributed by atoms with Gasteiger partial charge in [-0.25, -0.2) is 0 Å². The number of ether oxygens (including phenoxy) is 1. The van der Waals surface area contributed by atoms with E-state index in [0.29, 0.717) is 40.3 Å². The third kappa shape index (κ3) is 9.27. The van der Waals surface area contributed by atoms with Crippen LogP contribution in [0.3, 0.4) is 0 Å². The van der Waals surface area contributed by atoms with Gasteiger partial charge >= 0.3 is 12.2 Å². The van der Waals surface area contributed by atoms with Crippen LogP contribution in [0.15, 0.2) is 63.1 Å². The van der Waals surface area contributed by atoms with Crippen molar-refractivity contribution in [3.63, 3.8) is 0 Å². The fourth-order valence-corrected chi connectivity index (χ4v) is 10.1. The summed E-state index contributed by atoms with van der Waals surface area (Å²) in [6.07, 6.45) is 7.60. The number of hydrogen-bond donors (Lipinski definition) is 5. The molecule has 326 valence electrons. The molecule has 5 saturated carbocycles. The van der Waals surface area contributed by atoms with Gasteiger partial charge < -0.3 is 31.3 Å². The highest BCUT2D eigenvalue weighted by molar-refractivity contribution is 6.30. The average Bonchev–Trinajstić information content (AvgIpc) is 3.65. The van der Waals surface area contributed by atoms with Crippen LogP contribution in [0.25, 0.3) is 0 Å². The van der Waals surface area contributed by atoms with E-state index in [1.807, 2.05) is 18.3 Å². The molecule has 5 fully saturated rings. The Bertz CT molecular complexity index is 2420. The molecule has 5 aliphatic rings. The molecule has 3 aromatic carbocycles. The Kier molecular flexibility index (Phi) is 11.4. The van der Waals surface area contributed by atoms with Crippen molar-refractivity contribution in [3.05, 3.63) is 85.1 Å². The van der Waals surface area contributed by atoms with Gasteiger partial charge in [-0.3, -0.25) is 24.2 Å². The van der Waals surface area contributed by atoms with Gasteiger partial charge in [0.2, 0.25) is 17.8 Å². The summed E-state index contributed by atoms with van der Waals surface area (Å²) in [6, 6.07) is 11.9. The number of halogens is 4. The number of rotatable bonds is 17. The molecule has 5 N–H and O–H groups in total. The van der Waals surface area contributed by atoms with Crippen LogP contribution in [0.4, 0.5) is 42.1 Å². The number of amides is 2. The smallest absolute Gasteiger partial charge is 0.422 e. The van der Waals surface area contributed by atoms with E-state index in [9.17, 15) is 32.3 Å². The minimum atomic E-state index is -4.63. The second-order valence-electron chi connectivity index (χ2n) is 17.6. The van der Waals surface area contributed by atoms with Crippen molar-refractivity contribution in [3.8, 4) is 6.01 Å². The van der Waals surface area contributed by atoms with Gasteiger partial charge in [-0.1, -0.05) is 36.6 Å². The Morgan fingerprint density at radius 3 is 2.24 bits per heavy atom. The number of hydrogen-bond acceptors (Lipinski definition) is 12. The standard InChI is InChI=1S/C44H47ClF3N9O5/c45-30-9-7-29(8-10-30)43(14-15-43)57-41-54-40(55-42(56-41)62-22-44(46,47)48)51-31-11-5-25(6-12-31)38(60)52-32(39(61)53-33-20-24-2-4-27(33)18-24)13-16-49-34-35(37(59)36(34)58)50-21-28-19-23-1-3-26(28)17-23/h5-12,21,23-24,26-28,32-33,49H,1-4,13-20,22H2,(H,52,60)(H,53,61)(H2,51,54,55,56,57)/t23-,24-,26+,27+,28?,32-,33+/m0/s1. The fraction of sp³-hybridized carbons (Fsp3) is 0.500. The van der Waals surface area contributed by atoms with Crippen LogP contribution < -0.4 is 42.2 Å². The quantitative estimate of drug-likeness (QED) is 0.0546. The number of fused-ring (bicyclic) bond motifs is 4. The van der Waals surface area contributed by atoms with Crippen LogP contribution in [-0.4, -0.2) is 64.4 Å². The van der Waals surface area contributed by atoms with E-state index in [1.165, 1.54) is 25.0 Å². The monoisotopic (exact) mass is 873 g/mol. The molecule has 5 aliphatic carbocycles. The zero-order chi connectivity index (χ0) is 43.2. The summed E-state index contributed by atoms with van der Waals surface area (Å²) >= 11 is 6.07. The van der Waals surface area contributed by atoms with Crippen LogP contribution in [-0.2, 0) is 10.3 Å². The molecule has 18 heteroatoms. The summed E-state index contributed by atoms with van der Waals surface area (Å²) in [4.78, 5) is 69.5. The maximum atomic E-state index is 13.8. The molecule has 0 aliphatic heterocycles. The van der Waals surface area contributed by atoms with Gasteiger partial charge in [-0.05, 0) is 129 Å². The summed E-state index contributed by atoms with van der Waals surface area (Å²) in [5, 5.41) is 15.8. The topological polar surface area (TPSA) is 189 Å². The highest BCUT2D eigenvalue weighted by Crippen LogP contribution is 2.49. The molecule has 2 amide bonds. The van der Waals surface area contributed by atoms with Crippen molar-refractivity contribution in [1.29, 1.82) is 0 Å². The molecule has 62 heavy (non-hydrogen) atoms. The second-order valence-corrected chi connectivity index (χ2v) is 18.1. The van der Waals surface area contributed by atoms with Crippen molar-refractivity contribution in [2.45, 2.75) is 94.4 Å². The van der Waals surface area contributed by atoms with E-state index >= 15 is 0 Å². The third-order valence-electron chi connectivity index (χ3n) is 13.4. The Hall–Kier alpha value is -5.58. The van der Waals surface area contributed by atoms with Gasteiger partial charge in [-0.2, -0.15) is 28.1 Å². The molecule has 1 unspecified atom stereocenters. The predicted molar refractivity (Wildman–Crippen MR) is 227 cm³/mol. The molecule has 0 saturated heterocycles. The lowest BCUT2D eigenvalue weighted by atomic mass is 9.90.